The largest absolute Gasteiger partial charge is 0.226 e. The first-order valence-electron chi connectivity index (χ1n) is 4.66. The lowest BCUT2D eigenvalue weighted by Gasteiger charge is -1.94. The van der Waals surface area contributed by atoms with Crippen LogP contribution in [0.4, 0.5) is 4.39 Å². The second-order valence-corrected chi connectivity index (χ2v) is 3.47. The van der Waals surface area contributed by atoms with Gasteiger partial charge in [-0.15, -0.1) is 0 Å². The third kappa shape index (κ3) is 2.87. The van der Waals surface area contributed by atoms with Gasteiger partial charge in [0.25, 0.3) is 0 Å². The minimum Gasteiger partial charge on any atom is -0.226 e. The van der Waals surface area contributed by atoms with Crippen LogP contribution < -0.4 is 0 Å². The van der Waals surface area contributed by atoms with E-state index >= 15 is 0 Å². The van der Waals surface area contributed by atoms with Crippen molar-refractivity contribution in [3.63, 3.8) is 0 Å². The highest BCUT2D eigenvalue weighted by atomic mass is 35.5. The average Bonchev–Trinajstić information content (AvgIpc) is 2.28. The maximum Gasteiger partial charge on any atom is 0.222 e. The highest BCUT2D eigenvalue weighted by Crippen LogP contribution is 2.08. The van der Waals surface area contributed by atoms with Crippen LogP contribution in [0.2, 0.25) is 5.28 Å². The zero-order valence-electron chi connectivity index (χ0n) is 8.27. The van der Waals surface area contributed by atoms with Crippen LogP contribution in [-0.2, 0) is 0 Å². The molecule has 0 saturated heterocycles. The summed E-state index contributed by atoms with van der Waals surface area (Å²) in [6.45, 7) is 0. The van der Waals surface area contributed by atoms with Gasteiger partial charge in [-0.2, -0.15) is 0 Å². The topological polar surface area (TPSA) is 25.8 Å². The van der Waals surface area contributed by atoms with E-state index in [1.807, 2.05) is 6.08 Å². The summed E-state index contributed by atoms with van der Waals surface area (Å²) in [5, 5.41) is 0.209. The van der Waals surface area contributed by atoms with Gasteiger partial charge in [-0.25, -0.2) is 14.4 Å². The van der Waals surface area contributed by atoms with Gasteiger partial charge in [0.05, 0.1) is 5.69 Å². The molecule has 0 spiro atoms. The van der Waals surface area contributed by atoms with Crippen molar-refractivity contribution >= 4 is 23.8 Å². The molecule has 1 heterocycles. The van der Waals surface area contributed by atoms with Gasteiger partial charge in [0, 0.05) is 6.20 Å². The second-order valence-electron chi connectivity index (χ2n) is 3.14. The lowest BCUT2D eigenvalue weighted by Crippen LogP contribution is -1.83. The molecule has 1 aromatic carbocycles. The lowest BCUT2D eigenvalue weighted by molar-refractivity contribution is 0.628. The van der Waals surface area contributed by atoms with Crippen molar-refractivity contribution in [3.05, 3.63) is 58.9 Å². The third-order valence-electron chi connectivity index (χ3n) is 1.96. The van der Waals surface area contributed by atoms with E-state index in [2.05, 4.69) is 9.97 Å². The maximum absolute atomic E-state index is 12.6. The Hall–Kier alpha value is -1.74. The van der Waals surface area contributed by atoms with E-state index in [1.54, 1.807) is 30.5 Å². The van der Waals surface area contributed by atoms with Crippen molar-refractivity contribution in [1.29, 1.82) is 0 Å². The number of aromatic nitrogens is 2. The molecular weight excluding hydrogens is 227 g/mol. The predicted octanol–water partition coefficient (Wildman–Crippen LogP) is 3.44. The molecule has 4 heteroatoms. The summed E-state index contributed by atoms with van der Waals surface area (Å²) in [6.07, 6.45) is 5.21. The summed E-state index contributed by atoms with van der Waals surface area (Å²) in [7, 11) is 0. The van der Waals surface area contributed by atoms with Crippen LogP contribution in [0.25, 0.3) is 12.2 Å². The Morgan fingerprint density at radius 3 is 2.50 bits per heavy atom. The molecule has 0 aliphatic carbocycles. The van der Waals surface area contributed by atoms with Gasteiger partial charge in [-0.3, -0.25) is 0 Å². The fraction of sp³-hybridized carbons (Fsp3) is 0. The molecule has 0 fully saturated rings. The quantitative estimate of drug-likeness (QED) is 0.744. The van der Waals surface area contributed by atoms with Crippen LogP contribution in [0.15, 0.2) is 36.5 Å². The molecule has 0 amide bonds. The number of halogens is 2. The van der Waals surface area contributed by atoms with Gasteiger partial charge in [-0.1, -0.05) is 18.2 Å². The van der Waals surface area contributed by atoms with Crippen LogP contribution in [0, 0.1) is 5.82 Å². The maximum atomic E-state index is 12.6. The number of hydrogen-bond donors (Lipinski definition) is 0. The minimum atomic E-state index is -0.248. The molecule has 2 nitrogen and oxygen atoms in total. The van der Waals surface area contributed by atoms with Crippen LogP contribution in [0.5, 0.6) is 0 Å². The van der Waals surface area contributed by atoms with E-state index in [0.29, 0.717) is 5.69 Å². The molecule has 0 radical (unpaired) electrons. The molecular formula is C12H8ClFN2. The summed E-state index contributed by atoms with van der Waals surface area (Å²) < 4.78 is 12.6. The Morgan fingerprint density at radius 1 is 1.06 bits per heavy atom. The van der Waals surface area contributed by atoms with Gasteiger partial charge >= 0.3 is 0 Å². The van der Waals surface area contributed by atoms with Crippen LogP contribution in [-0.4, -0.2) is 9.97 Å². The number of hydrogen-bond acceptors (Lipinski definition) is 2. The number of rotatable bonds is 2. The fourth-order valence-electron chi connectivity index (χ4n) is 1.20. The summed E-state index contributed by atoms with van der Waals surface area (Å²) in [4.78, 5) is 7.78. The average molecular weight is 235 g/mol. The highest BCUT2D eigenvalue weighted by Gasteiger charge is 1.92. The summed E-state index contributed by atoms with van der Waals surface area (Å²) in [5.74, 6) is -0.248. The first kappa shape index (κ1) is 10.8. The van der Waals surface area contributed by atoms with Crippen molar-refractivity contribution in [1.82, 2.24) is 9.97 Å². The number of nitrogens with zero attached hydrogens (tertiary/aromatic N) is 2. The fourth-order valence-corrected chi connectivity index (χ4v) is 1.35. The van der Waals surface area contributed by atoms with E-state index in [1.165, 1.54) is 12.1 Å². The zero-order valence-corrected chi connectivity index (χ0v) is 9.03. The molecule has 0 N–H and O–H groups in total. The molecule has 2 rings (SSSR count). The van der Waals surface area contributed by atoms with E-state index in [9.17, 15) is 4.39 Å². The smallest absolute Gasteiger partial charge is 0.222 e. The predicted molar refractivity (Wildman–Crippen MR) is 62.4 cm³/mol. The summed E-state index contributed by atoms with van der Waals surface area (Å²) in [6, 6.07) is 7.94. The van der Waals surface area contributed by atoms with Crippen LogP contribution in [0.1, 0.15) is 11.3 Å². The zero-order chi connectivity index (χ0) is 11.4. The molecule has 0 atom stereocenters. The third-order valence-corrected chi connectivity index (χ3v) is 2.15. The van der Waals surface area contributed by atoms with E-state index < -0.39 is 0 Å². The minimum absolute atomic E-state index is 0.209. The van der Waals surface area contributed by atoms with Crippen molar-refractivity contribution in [2.24, 2.45) is 0 Å². The number of benzene rings is 1. The standard InChI is InChI=1S/C12H8ClFN2/c13-12-15-8-7-11(16-12)6-3-9-1-4-10(14)5-2-9/h1-8H. The molecule has 16 heavy (non-hydrogen) atoms. The summed E-state index contributed by atoms with van der Waals surface area (Å²) >= 11 is 5.64. The highest BCUT2D eigenvalue weighted by molar-refractivity contribution is 6.28. The lowest BCUT2D eigenvalue weighted by atomic mass is 10.2. The monoisotopic (exact) mass is 234 g/mol. The molecule has 1 aromatic heterocycles. The Morgan fingerprint density at radius 2 is 1.81 bits per heavy atom. The van der Waals surface area contributed by atoms with Crippen molar-refractivity contribution < 1.29 is 4.39 Å². The van der Waals surface area contributed by atoms with Gasteiger partial charge in [0.15, 0.2) is 0 Å². The normalized spacial score (nSPS) is 10.9. The Kier molecular flexibility index (Phi) is 3.27. The van der Waals surface area contributed by atoms with Crippen LogP contribution in [0.3, 0.4) is 0 Å². The molecule has 80 valence electrons. The Balaban J connectivity index is 2.18. The van der Waals surface area contributed by atoms with Crippen molar-refractivity contribution in [2.75, 3.05) is 0 Å². The van der Waals surface area contributed by atoms with Gasteiger partial charge in [0.1, 0.15) is 5.82 Å². The van der Waals surface area contributed by atoms with Crippen LogP contribution >= 0.6 is 11.6 Å². The van der Waals surface area contributed by atoms with Crippen molar-refractivity contribution in [3.8, 4) is 0 Å². The molecule has 0 unspecified atom stereocenters. The van der Waals surface area contributed by atoms with Gasteiger partial charge in [0.2, 0.25) is 5.28 Å². The molecule has 0 bridgehead atoms. The van der Waals surface area contributed by atoms with Crippen molar-refractivity contribution in [2.45, 2.75) is 0 Å². The Bertz CT molecular complexity index is 509. The molecule has 2 aromatic rings. The molecule has 0 aliphatic rings. The Labute approximate surface area is 97.4 Å². The van der Waals surface area contributed by atoms with Gasteiger partial charge in [-0.05, 0) is 41.4 Å². The molecule has 0 aliphatic heterocycles. The van der Waals surface area contributed by atoms with Gasteiger partial charge < -0.3 is 0 Å². The first-order valence-corrected chi connectivity index (χ1v) is 5.04. The summed E-state index contributed by atoms with van der Waals surface area (Å²) in [5.41, 5.74) is 1.61. The first-order chi connectivity index (χ1) is 7.74. The molecule has 0 saturated carbocycles. The van der Waals surface area contributed by atoms with E-state index in [0.717, 1.165) is 5.56 Å². The van der Waals surface area contributed by atoms with E-state index in [-0.39, 0.29) is 11.1 Å². The second kappa shape index (κ2) is 4.86. The van der Waals surface area contributed by atoms with E-state index in [4.69, 9.17) is 11.6 Å². The SMILES string of the molecule is Fc1ccc(C=Cc2ccnc(Cl)n2)cc1.